The Hall–Kier alpha value is -1.46. The molecule has 1 atom stereocenters. The SMILES string of the molecule is CN(CCNC(=O)[C@@H]1CCCOC1)Cc1ccc(F)cc1. The Balaban J connectivity index is 1.65. The molecule has 0 bridgehead atoms. The fourth-order valence-electron chi connectivity index (χ4n) is 2.44. The zero-order chi connectivity index (χ0) is 15.1. The third-order valence-electron chi connectivity index (χ3n) is 3.69. The van der Waals surface area contributed by atoms with Crippen LogP contribution in [0.3, 0.4) is 0 Å². The summed E-state index contributed by atoms with van der Waals surface area (Å²) in [7, 11) is 1.99. The van der Waals surface area contributed by atoms with Gasteiger partial charge in [-0.2, -0.15) is 0 Å². The average molecular weight is 294 g/mol. The van der Waals surface area contributed by atoms with Gasteiger partial charge >= 0.3 is 0 Å². The van der Waals surface area contributed by atoms with E-state index in [1.165, 1.54) is 12.1 Å². The van der Waals surface area contributed by atoms with Crippen molar-refractivity contribution in [3.05, 3.63) is 35.6 Å². The molecule has 0 unspecified atom stereocenters. The molecule has 0 aromatic heterocycles. The third-order valence-corrected chi connectivity index (χ3v) is 3.69. The smallest absolute Gasteiger partial charge is 0.225 e. The number of likely N-dealkylation sites (N-methyl/N-ethyl adjacent to an activating group) is 1. The number of nitrogens with one attached hydrogen (secondary N) is 1. The van der Waals surface area contributed by atoms with E-state index in [4.69, 9.17) is 4.74 Å². The first-order valence-electron chi connectivity index (χ1n) is 7.43. The van der Waals surface area contributed by atoms with Crippen LogP contribution in [0.5, 0.6) is 0 Å². The van der Waals surface area contributed by atoms with Crippen LogP contribution < -0.4 is 5.32 Å². The molecule has 1 heterocycles. The highest BCUT2D eigenvalue weighted by Crippen LogP contribution is 2.13. The molecule has 1 saturated heterocycles. The normalized spacial score (nSPS) is 18.7. The Labute approximate surface area is 125 Å². The Kier molecular flexibility index (Phi) is 6.14. The van der Waals surface area contributed by atoms with Gasteiger partial charge in [0.25, 0.3) is 0 Å². The lowest BCUT2D eigenvalue weighted by atomic mass is 10.0. The number of hydrogen-bond acceptors (Lipinski definition) is 3. The lowest BCUT2D eigenvalue weighted by Crippen LogP contribution is -2.39. The van der Waals surface area contributed by atoms with E-state index in [0.29, 0.717) is 13.2 Å². The Bertz CT molecular complexity index is 444. The molecular weight excluding hydrogens is 271 g/mol. The first-order chi connectivity index (χ1) is 10.1. The highest BCUT2D eigenvalue weighted by Gasteiger charge is 2.21. The minimum Gasteiger partial charge on any atom is -0.381 e. The van der Waals surface area contributed by atoms with E-state index in [-0.39, 0.29) is 17.6 Å². The van der Waals surface area contributed by atoms with Crippen molar-refractivity contribution in [2.45, 2.75) is 19.4 Å². The summed E-state index contributed by atoms with van der Waals surface area (Å²) in [5.41, 5.74) is 1.06. The first kappa shape index (κ1) is 15.9. The van der Waals surface area contributed by atoms with Gasteiger partial charge in [-0.1, -0.05) is 12.1 Å². The maximum Gasteiger partial charge on any atom is 0.225 e. The van der Waals surface area contributed by atoms with Crippen molar-refractivity contribution < 1.29 is 13.9 Å². The molecule has 1 aromatic carbocycles. The fourth-order valence-corrected chi connectivity index (χ4v) is 2.44. The number of amides is 1. The molecule has 0 aliphatic carbocycles. The van der Waals surface area contributed by atoms with Crippen LogP contribution in [0.2, 0.25) is 0 Å². The van der Waals surface area contributed by atoms with E-state index in [1.807, 2.05) is 7.05 Å². The number of benzene rings is 1. The molecule has 1 aromatic rings. The van der Waals surface area contributed by atoms with E-state index in [2.05, 4.69) is 10.2 Å². The van der Waals surface area contributed by atoms with Crippen LogP contribution >= 0.6 is 0 Å². The van der Waals surface area contributed by atoms with Crippen LogP contribution in [-0.2, 0) is 16.1 Å². The van der Waals surface area contributed by atoms with Gasteiger partial charge in [0.05, 0.1) is 12.5 Å². The van der Waals surface area contributed by atoms with Gasteiger partial charge in [0.2, 0.25) is 5.91 Å². The van der Waals surface area contributed by atoms with Gasteiger partial charge in [0.1, 0.15) is 5.82 Å². The molecule has 1 amide bonds. The molecule has 4 nitrogen and oxygen atoms in total. The zero-order valence-corrected chi connectivity index (χ0v) is 12.5. The van der Waals surface area contributed by atoms with E-state index >= 15 is 0 Å². The maximum atomic E-state index is 12.8. The molecule has 116 valence electrons. The second kappa shape index (κ2) is 8.10. The van der Waals surface area contributed by atoms with Crippen molar-refractivity contribution in [1.29, 1.82) is 0 Å². The predicted molar refractivity (Wildman–Crippen MR) is 79.3 cm³/mol. The lowest BCUT2D eigenvalue weighted by molar-refractivity contribution is -0.128. The van der Waals surface area contributed by atoms with Gasteiger partial charge in [-0.05, 0) is 37.6 Å². The van der Waals surface area contributed by atoms with Crippen LogP contribution in [-0.4, -0.2) is 44.2 Å². The summed E-state index contributed by atoms with van der Waals surface area (Å²) in [6, 6.07) is 6.50. The number of rotatable bonds is 6. The zero-order valence-electron chi connectivity index (χ0n) is 12.5. The Morgan fingerprint density at radius 1 is 1.43 bits per heavy atom. The summed E-state index contributed by atoms with van der Waals surface area (Å²) in [6.07, 6.45) is 1.87. The van der Waals surface area contributed by atoms with Gasteiger partial charge in [-0.15, -0.1) is 0 Å². The highest BCUT2D eigenvalue weighted by atomic mass is 19.1. The molecule has 1 fully saturated rings. The van der Waals surface area contributed by atoms with Gasteiger partial charge in [-0.3, -0.25) is 4.79 Å². The van der Waals surface area contributed by atoms with Crippen molar-refractivity contribution in [3.8, 4) is 0 Å². The standard InChI is InChI=1S/C16H23FN2O2/c1-19(11-13-4-6-15(17)7-5-13)9-8-18-16(20)14-3-2-10-21-12-14/h4-7,14H,2-3,8-12H2,1H3,(H,18,20)/t14-/m1/s1. The number of hydrogen-bond donors (Lipinski definition) is 1. The third kappa shape index (κ3) is 5.44. The van der Waals surface area contributed by atoms with Gasteiger partial charge in [0, 0.05) is 26.2 Å². The van der Waals surface area contributed by atoms with E-state index in [1.54, 1.807) is 12.1 Å². The van der Waals surface area contributed by atoms with Gasteiger partial charge in [0.15, 0.2) is 0 Å². The van der Waals surface area contributed by atoms with Crippen molar-refractivity contribution >= 4 is 5.91 Å². The highest BCUT2D eigenvalue weighted by molar-refractivity contribution is 5.78. The quantitative estimate of drug-likeness (QED) is 0.870. The molecular formula is C16H23FN2O2. The Morgan fingerprint density at radius 2 is 2.19 bits per heavy atom. The summed E-state index contributed by atoms with van der Waals surface area (Å²) < 4.78 is 18.1. The van der Waals surface area contributed by atoms with Gasteiger partial charge < -0.3 is 15.0 Å². The second-order valence-corrected chi connectivity index (χ2v) is 5.57. The predicted octanol–water partition coefficient (Wildman–Crippen LogP) is 1.80. The van der Waals surface area contributed by atoms with Crippen LogP contribution in [0.1, 0.15) is 18.4 Å². The molecule has 1 aliphatic rings. The van der Waals surface area contributed by atoms with Crippen molar-refractivity contribution in [3.63, 3.8) is 0 Å². The fraction of sp³-hybridized carbons (Fsp3) is 0.562. The number of carbonyl (C=O) groups excluding carboxylic acids is 1. The van der Waals surface area contributed by atoms with E-state index < -0.39 is 0 Å². The summed E-state index contributed by atoms with van der Waals surface area (Å²) >= 11 is 0. The summed E-state index contributed by atoms with van der Waals surface area (Å²) in [6.45, 7) is 3.42. The first-order valence-corrected chi connectivity index (χ1v) is 7.43. The summed E-state index contributed by atoms with van der Waals surface area (Å²) in [5.74, 6) is -0.130. The lowest BCUT2D eigenvalue weighted by Gasteiger charge is -2.22. The van der Waals surface area contributed by atoms with Crippen LogP contribution in [0, 0.1) is 11.7 Å². The molecule has 0 saturated carbocycles. The molecule has 5 heteroatoms. The number of ether oxygens (including phenoxy) is 1. The number of carbonyl (C=O) groups is 1. The van der Waals surface area contributed by atoms with E-state index in [0.717, 1.165) is 38.1 Å². The molecule has 2 rings (SSSR count). The van der Waals surface area contributed by atoms with Crippen LogP contribution in [0.15, 0.2) is 24.3 Å². The van der Waals surface area contributed by atoms with Crippen LogP contribution in [0.25, 0.3) is 0 Å². The largest absolute Gasteiger partial charge is 0.381 e. The molecule has 1 N–H and O–H groups in total. The average Bonchev–Trinajstić information content (AvgIpc) is 2.50. The summed E-state index contributed by atoms with van der Waals surface area (Å²) in [5, 5.41) is 2.96. The number of halogens is 1. The Morgan fingerprint density at radius 3 is 2.86 bits per heavy atom. The van der Waals surface area contributed by atoms with Crippen molar-refractivity contribution in [1.82, 2.24) is 10.2 Å². The minimum atomic E-state index is -0.219. The summed E-state index contributed by atoms with van der Waals surface area (Å²) in [4.78, 5) is 14.0. The van der Waals surface area contributed by atoms with Crippen molar-refractivity contribution in [2.24, 2.45) is 5.92 Å². The van der Waals surface area contributed by atoms with E-state index in [9.17, 15) is 9.18 Å². The molecule has 21 heavy (non-hydrogen) atoms. The molecule has 1 aliphatic heterocycles. The maximum absolute atomic E-state index is 12.8. The monoisotopic (exact) mass is 294 g/mol. The van der Waals surface area contributed by atoms with Crippen molar-refractivity contribution in [2.75, 3.05) is 33.4 Å². The molecule has 0 spiro atoms. The van der Waals surface area contributed by atoms with Crippen LogP contribution in [0.4, 0.5) is 4.39 Å². The number of nitrogens with zero attached hydrogens (tertiary/aromatic N) is 1. The van der Waals surface area contributed by atoms with Gasteiger partial charge in [-0.25, -0.2) is 4.39 Å². The molecule has 0 radical (unpaired) electrons. The second-order valence-electron chi connectivity index (χ2n) is 5.57. The minimum absolute atomic E-state index is 0.00107. The topological polar surface area (TPSA) is 41.6 Å².